The summed E-state index contributed by atoms with van der Waals surface area (Å²) in [5.41, 5.74) is 0.707. The lowest BCUT2D eigenvalue weighted by molar-refractivity contribution is 0.0756. The van der Waals surface area contributed by atoms with Gasteiger partial charge in [-0.05, 0) is 38.1 Å². The van der Waals surface area contributed by atoms with Crippen LogP contribution in [0, 0.1) is 0 Å². The molecule has 0 spiro atoms. The van der Waals surface area contributed by atoms with Gasteiger partial charge in [-0.1, -0.05) is 24.3 Å². The molecule has 0 saturated carbocycles. The number of carbonyl (C=O) groups is 1. The summed E-state index contributed by atoms with van der Waals surface area (Å²) in [4.78, 5) is 17.5. The monoisotopic (exact) mass is 355 g/mol. The van der Waals surface area contributed by atoms with Gasteiger partial charge >= 0.3 is 0 Å². The highest BCUT2D eigenvalue weighted by Crippen LogP contribution is 2.40. The first-order valence-electron chi connectivity index (χ1n) is 7.87. The Balaban J connectivity index is 1.94. The Kier molecular flexibility index (Phi) is 3.12. The fourth-order valence-electron chi connectivity index (χ4n) is 3.52. The van der Waals surface area contributed by atoms with Gasteiger partial charge in [-0.15, -0.1) is 0 Å². The molecule has 25 heavy (non-hydrogen) atoms. The van der Waals surface area contributed by atoms with E-state index in [1.807, 2.05) is 35.9 Å². The quantitative estimate of drug-likeness (QED) is 0.708. The largest absolute Gasteiger partial charge is 0.329 e. The lowest BCUT2D eigenvalue weighted by Gasteiger charge is -2.33. The molecule has 1 amide bonds. The third kappa shape index (κ3) is 1.99. The minimum Gasteiger partial charge on any atom is -0.329 e. The van der Waals surface area contributed by atoms with E-state index in [0.29, 0.717) is 5.82 Å². The molecule has 1 aromatic heterocycles. The number of aryl methyl sites for hydroxylation is 1. The van der Waals surface area contributed by atoms with Crippen molar-refractivity contribution < 1.29 is 13.2 Å². The van der Waals surface area contributed by atoms with Crippen molar-refractivity contribution in [2.24, 2.45) is 7.05 Å². The van der Waals surface area contributed by atoms with Gasteiger partial charge in [-0.25, -0.2) is 17.7 Å². The fourth-order valence-corrected chi connectivity index (χ4v) is 5.40. The summed E-state index contributed by atoms with van der Waals surface area (Å²) in [6, 6.07) is 13.8. The van der Waals surface area contributed by atoms with Crippen LogP contribution < -0.4 is 0 Å². The molecule has 0 radical (unpaired) electrons. The summed E-state index contributed by atoms with van der Waals surface area (Å²) in [7, 11) is -2.10. The number of hydrogen-bond acceptors (Lipinski definition) is 4. The lowest BCUT2D eigenvalue weighted by atomic mass is 10.0. The molecule has 7 heteroatoms. The average molecular weight is 355 g/mol. The van der Waals surface area contributed by atoms with Crippen LogP contribution in [-0.4, -0.2) is 28.2 Å². The van der Waals surface area contributed by atoms with Crippen molar-refractivity contribution in [3.63, 3.8) is 0 Å². The van der Waals surface area contributed by atoms with E-state index in [9.17, 15) is 13.2 Å². The van der Waals surface area contributed by atoms with Gasteiger partial charge in [0.25, 0.3) is 15.9 Å². The second-order valence-corrected chi connectivity index (χ2v) is 8.37. The number of amides is 1. The highest BCUT2D eigenvalue weighted by molar-refractivity contribution is 7.90. The normalized spacial score (nSPS) is 16.4. The zero-order chi connectivity index (χ0) is 18.0. The molecule has 1 aliphatic rings. The molecule has 2 aromatic carbocycles. The molecular formula is C18H17N3O3S. The first kappa shape index (κ1) is 15.8. The molecule has 0 saturated heterocycles. The third-order valence-corrected chi connectivity index (χ3v) is 6.68. The van der Waals surface area contributed by atoms with Gasteiger partial charge < -0.3 is 4.57 Å². The van der Waals surface area contributed by atoms with Crippen LogP contribution in [0.5, 0.6) is 0 Å². The molecule has 6 nitrogen and oxygen atoms in total. The van der Waals surface area contributed by atoms with Gasteiger partial charge in [0.1, 0.15) is 16.3 Å². The molecule has 3 aromatic rings. The van der Waals surface area contributed by atoms with Gasteiger partial charge in [-0.2, -0.15) is 0 Å². The first-order chi connectivity index (χ1) is 11.8. The van der Waals surface area contributed by atoms with Crippen molar-refractivity contribution in [1.29, 1.82) is 0 Å². The van der Waals surface area contributed by atoms with E-state index in [1.54, 1.807) is 32.0 Å². The zero-order valence-corrected chi connectivity index (χ0v) is 14.9. The number of fused-ring (bicyclic) bond motifs is 2. The van der Waals surface area contributed by atoms with Crippen LogP contribution in [0.25, 0.3) is 11.0 Å². The topological polar surface area (TPSA) is 72.3 Å². The van der Waals surface area contributed by atoms with E-state index < -0.39 is 21.5 Å². The molecule has 0 aliphatic carbocycles. The molecule has 1 aliphatic heterocycles. The second kappa shape index (κ2) is 4.92. The summed E-state index contributed by atoms with van der Waals surface area (Å²) < 4.78 is 28.8. The average Bonchev–Trinajstić information content (AvgIpc) is 3.02. The number of benzene rings is 2. The number of para-hydroxylation sites is 2. The predicted molar refractivity (Wildman–Crippen MR) is 93.5 cm³/mol. The molecular weight excluding hydrogens is 338 g/mol. The maximum Gasteiger partial charge on any atom is 0.269 e. The number of carbonyl (C=O) groups excluding carboxylic acids is 1. The molecule has 4 rings (SSSR count). The molecule has 0 unspecified atom stereocenters. The molecule has 0 fully saturated rings. The molecule has 0 atom stereocenters. The van der Waals surface area contributed by atoms with Crippen molar-refractivity contribution in [2.75, 3.05) is 0 Å². The highest BCUT2D eigenvalue weighted by Gasteiger charge is 2.50. The third-order valence-electron chi connectivity index (χ3n) is 4.66. The second-order valence-electron chi connectivity index (χ2n) is 6.61. The number of imidazole rings is 1. The number of rotatable bonds is 2. The van der Waals surface area contributed by atoms with Crippen LogP contribution in [0.3, 0.4) is 0 Å². The van der Waals surface area contributed by atoms with Crippen molar-refractivity contribution >= 4 is 27.0 Å². The van der Waals surface area contributed by atoms with E-state index in [1.165, 1.54) is 6.07 Å². The molecule has 0 bridgehead atoms. The Bertz CT molecular complexity index is 1130. The first-order valence-corrected chi connectivity index (χ1v) is 9.31. The fraction of sp³-hybridized carbons (Fsp3) is 0.222. The van der Waals surface area contributed by atoms with E-state index >= 15 is 0 Å². The summed E-state index contributed by atoms with van der Waals surface area (Å²) in [5.74, 6) is -0.00825. The Labute approximate surface area is 145 Å². The smallest absolute Gasteiger partial charge is 0.269 e. The summed E-state index contributed by atoms with van der Waals surface area (Å²) in [5, 5.41) is 0. The number of hydrogen-bond donors (Lipinski definition) is 0. The summed E-state index contributed by atoms with van der Waals surface area (Å²) >= 11 is 0. The van der Waals surface area contributed by atoms with Crippen LogP contribution in [0.4, 0.5) is 0 Å². The minimum absolute atomic E-state index is 0.0480. The standard InChI is InChI=1S/C18H17N3O3S/c1-18(2,17-19-13-9-5-6-10-14(13)20(17)3)21-16(22)12-8-4-7-11-15(12)25(21,23)24/h4-11H,1-3H3. The van der Waals surface area contributed by atoms with Crippen molar-refractivity contribution in [2.45, 2.75) is 24.3 Å². The van der Waals surface area contributed by atoms with Gasteiger partial charge in [0, 0.05) is 7.05 Å². The van der Waals surface area contributed by atoms with Crippen LogP contribution in [-0.2, 0) is 22.6 Å². The van der Waals surface area contributed by atoms with E-state index in [4.69, 9.17) is 0 Å². The van der Waals surface area contributed by atoms with Crippen molar-refractivity contribution in [1.82, 2.24) is 13.9 Å². The summed E-state index contributed by atoms with van der Waals surface area (Å²) in [6.07, 6.45) is 0. The number of aromatic nitrogens is 2. The number of nitrogens with zero attached hydrogens (tertiary/aromatic N) is 3. The van der Waals surface area contributed by atoms with Crippen LogP contribution in [0.2, 0.25) is 0 Å². The highest BCUT2D eigenvalue weighted by atomic mass is 32.2. The van der Waals surface area contributed by atoms with Crippen molar-refractivity contribution in [3.8, 4) is 0 Å². The Morgan fingerprint density at radius 3 is 2.32 bits per heavy atom. The van der Waals surface area contributed by atoms with Crippen LogP contribution >= 0.6 is 0 Å². The van der Waals surface area contributed by atoms with E-state index in [-0.39, 0.29) is 10.5 Å². The Morgan fingerprint density at radius 2 is 1.64 bits per heavy atom. The van der Waals surface area contributed by atoms with E-state index in [2.05, 4.69) is 4.98 Å². The van der Waals surface area contributed by atoms with Gasteiger partial charge in [0.05, 0.1) is 16.6 Å². The molecule has 128 valence electrons. The van der Waals surface area contributed by atoms with Crippen LogP contribution in [0.15, 0.2) is 53.4 Å². The predicted octanol–water partition coefficient (Wildman–Crippen LogP) is 2.65. The van der Waals surface area contributed by atoms with Gasteiger partial charge in [0.2, 0.25) is 0 Å². The maximum absolute atomic E-state index is 13.0. The minimum atomic E-state index is -3.93. The lowest BCUT2D eigenvalue weighted by Crippen LogP contribution is -2.46. The molecule has 2 heterocycles. The van der Waals surface area contributed by atoms with Gasteiger partial charge in [-0.3, -0.25) is 4.79 Å². The Hall–Kier alpha value is -2.67. The number of sulfonamides is 1. The zero-order valence-electron chi connectivity index (χ0n) is 14.1. The molecule has 0 N–H and O–H groups in total. The van der Waals surface area contributed by atoms with Crippen molar-refractivity contribution in [3.05, 3.63) is 59.9 Å². The Morgan fingerprint density at radius 1 is 1.00 bits per heavy atom. The van der Waals surface area contributed by atoms with Gasteiger partial charge in [0.15, 0.2) is 0 Å². The van der Waals surface area contributed by atoms with Crippen LogP contribution in [0.1, 0.15) is 30.0 Å². The van der Waals surface area contributed by atoms with E-state index in [0.717, 1.165) is 15.3 Å². The SMILES string of the molecule is Cn1c(C(C)(C)N2C(=O)c3ccccc3S2(=O)=O)nc2ccccc21. The maximum atomic E-state index is 13.0. The summed E-state index contributed by atoms with van der Waals surface area (Å²) in [6.45, 7) is 3.41.